The van der Waals surface area contributed by atoms with Gasteiger partial charge in [-0.2, -0.15) is 0 Å². The van der Waals surface area contributed by atoms with E-state index in [1.165, 1.54) is 15.8 Å². The summed E-state index contributed by atoms with van der Waals surface area (Å²) in [5, 5.41) is 59.0. The Bertz CT molecular complexity index is 848. The maximum atomic E-state index is 10.2. The van der Waals surface area contributed by atoms with Crippen LogP contribution in [0.3, 0.4) is 0 Å². The summed E-state index contributed by atoms with van der Waals surface area (Å²) in [4.78, 5) is 9.93. The predicted octanol–water partition coefficient (Wildman–Crippen LogP) is -6.15. The molecule has 28 heavy (non-hydrogen) atoms. The van der Waals surface area contributed by atoms with Crippen LogP contribution in [-0.4, -0.2) is 108 Å². The van der Waals surface area contributed by atoms with Crippen molar-refractivity contribution < 1.29 is 40.1 Å². The maximum absolute atomic E-state index is 10.2. The SMILES string of the molecule is NC1=c2ncn([C@@H]3O[C@H](CO)[C@@H](O)[C@H]3O)c2=NCN1[C@@H]1O[C@H](CO)[C@@H](O)[C@@H]1O. The number of aromatic nitrogens is 2. The average molecular weight is 401 g/mol. The second kappa shape index (κ2) is 7.20. The summed E-state index contributed by atoms with van der Waals surface area (Å²) in [6, 6.07) is 0. The molecule has 0 unspecified atom stereocenters. The summed E-state index contributed by atoms with van der Waals surface area (Å²) in [6.45, 7) is -0.979. The van der Waals surface area contributed by atoms with E-state index >= 15 is 0 Å². The van der Waals surface area contributed by atoms with Gasteiger partial charge in [-0.1, -0.05) is 0 Å². The Hall–Kier alpha value is -1.84. The van der Waals surface area contributed by atoms with Gasteiger partial charge in [0.2, 0.25) is 0 Å². The highest BCUT2D eigenvalue weighted by molar-refractivity contribution is 5.37. The molecular weight excluding hydrogens is 378 g/mol. The van der Waals surface area contributed by atoms with Crippen LogP contribution >= 0.6 is 0 Å². The van der Waals surface area contributed by atoms with E-state index in [9.17, 15) is 30.6 Å². The van der Waals surface area contributed by atoms with E-state index in [2.05, 4.69) is 9.98 Å². The number of rotatable bonds is 4. The highest BCUT2D eigenvalue weighted by Crippen LogP contribution is 2.28. The van der Waals surface area contributed by atoms with Crippen molar-refractivity contribution in [2.45, 2.75) is 49.1 Å². The van der Waals surface area contributed by atoms with Gasteiger partial charge in [0.05, 0.1) is 19.5 Å². The molecule has 13 heteroatoms. The first kappa shape index (κ1) is 19.5. The number of imidazole rings is 1. The number of nitrogens with two attached hydrogens (primary N) is 1. The smallest absolute Gasteiger partial charge is 0.165 e. The van der Waals surface area contributed by atoms with Gasteiger partial charge in [-0.05, 0) is 0 Å². The molecule has 1 aromatic rings. The lowest BCUT2D eigenvalue weighted by Crippen LogP contribution is -2.53. The molecule has 3 aliphatic rings. The van der Waals surface area contributed by atoms with Gasteiger partial charge in [-0.15, -0.1) is 0 Å². The highest BCUT2D eigenvalue weighted by Gasteiger charge is 2.47. The van der Waals surface area contributed by atoms with Gasteiger partial charge in [0.15, 0.2) is 17.9 Å². The van der Waals surface area contributed by atoms with Crippen molar-refractivity contribution >= 4 is 5.82 Å². The summed E-state index contributed by atoms with van der Waals surface area (Å²) in [5.74, 6) is 0.116. The van der Waals surface area contributed by atoms with Gasteiger partial charge < -0.3 is 50.7 Å². The fourth-order valence-corrected chi connectivity index (χ4v) is 3.70. The van der Waals surface area contributed by atoms with Crippen LogP contribution in [0.2, 0.25) is 0 Å². The maximum Gasteiger partial charge on any atom is 0.165 e. The number of nitrogens with zero attached hydrogens (tertiary/aromatic N) is 4. The minimum Gasteiger partial charge on any atom is -0.394 e. The molecule has 4 heterocycles. The molecule has 0 bridgehead atoms. The molecule has 4 rings (SSSR count). The van der Waals surface area contributed by atoms with Crippen LogP contribution in [0.25, 0.3) is 5.82 Å². The van der Waals surface area contributed by atoms with Crippen LogP contribution in [0.15, 0.2) is 11.3 Å². The average Bonchev–Trinajstić information content (AvgIpc) is 3.33. The van der Waals surface area contributed by atoms with Crippen molar-refractivity contribution in [2.75, 3.05) is 19.9 Å². The third kappa shape index (κ3) is 2.79. The van der Waals surface area contributed by atoms with E-state index in [4.69, 9.17) is 15.2 Å². The lowest BCUT2D eigenvalue weighted by atomic mass is 10.1. The van der Waals surface area contributed by atoms with Crippen molar-refractivity contribution in [3.63, 3.8) is 0 Å². The highest BCUT2D eigenvalue weighted by atomic mass is 16.6. The molecule has 3 aliphatic heterocycles. The number of ether oxygens (including phenoxy) is 2. The molecule has 0 aromatic carbocycles. The van der Waals surface area contributed by atoms with Crippen LogP contribution in [0.4, 0.5) is 0 Å². The third-order valence-corrected chi connectivity index (χ3v) is 5.31. The lowest BCUT2D eigenvalue weighted by Gasteiger charge is -2.31. The van der Waals surface area contributed by atoms with Crippen LogP contribution in [-0.2, 0) is 9.47 Å². The number of aliphatic hydroxyl groups is 6. The molecule has 8 atom stereocenters. The van der Waals surface area contributed by atoms with Crippen molar-refractivity contribution in [1.29, 1.82) is 0 Å². The van der Waals surface area contributed by atoms with Gasteiger partial charge in [0.1, 0.15) is 54.5 Å². The third-order valence-electron chi connectivity index (χ3n) is 5.31. The van der Waals surface area contributed by atoms with Crippen LogP contribution in [0.5, 0.6) is 0 Å². The van der Waals surface area contributed by atoms with Crippen molar-refractivity contribution in [3.05, 3.63) is 17.2 Å². The quantitative estimate of drug-likeness (QED) is 0.253. The van der Waals surface area contributed by atoms with Crippen molar-refractivity contribution in [1.82, 2.24) is 14.5 Å². The summed E-state index contributed by atoms with van der Waals surface area (Å²) < 4.78 is 12.4. The number of fused-ring (bicyclic) bond motifs is 1. The summed E-state index contributed by atoms with van der Waals surface area (Å²) in [6.07, 6.45) is -7.76. The number of hydrogen-bond acceptors (Lipinski definition) is 12. The van der Waals surface area contributed by atoms with Crippen LogP contribution < -0.4 is 16.6 Å². The molecule has 0 aliphatic carbocycles. The van der Waals surface area contributed by atoms with Crippen molar-refractivity contribution in [3.8, 4) is 0 Å². The Morgan fingerprint density at radius 2 is 1.54 bits per heavy atom. The van der Waals surface area contributed by atoms with E-state index in [1.807, 2.05) is 0 Å². The Morgan fingerprint density at radius 1 is 0.964 bits per heavy atom. The molecule has 156 valence electrons. The van der Waals surface area contributed by atoms with Crippen molar-refractivity contribution in [2.24, 2.45) is 10.7 Å². The zero-order chi connectivity index (χ0) is 20.2. The fraction of sp³-hybridized carbons (Fsp3) is 0.733. The summed E-state index contributed by atoms with van der Waals surface area (Å²) >= 11 is 0. The van der Waals surface area contributed by atoms with Gasteiger partial charge in [0, 0.05) is 0 Å². The second-order valence-corrected chi connectivity index (χ2v) is 6.94. The first-order valence-corrected chi connectivity index (χ1v) is 8.77. The standard InChI is InChI=1S/C15H23N5O8/c16-12-7-13(18-4-19(12)14-10(25)8(23)5(1-21)27-14)20(3-17-7)15-11(26)9(24)6(2-22)28-15/h3,5-6,8-11,14-15,21-26H,1-2,4,16H2/t5-,6-,8-,9-,10+,11-,14-,15-/m1/s1. The number of hydrogen-bond donors (Lipinski definition) is 7. The van der Waals surface area contributed by atoms with Gasteiger partial charge in [0.25, 0.3) is 0 Å². The monoisotopic (exact) mass is 401 g/mol. The largest absolute Gasteiger partial charge is 0.394 e. The van der Waals surface area contributed by atoms with Crippen LogP contribution in [0.1, 0.15) is 6.23 Å². The Kier molecular flexibility index (Phi) is 5.01. The van der Waals surface area contributed by atoms with Crippen LogP contribution in [0, 0.1) is 0 Å². The molecule has 0 amide bonds. The molecule has 2 fully saturated rings. The van der Waals surface area contributed by atoms with Gasteiger partial charge in [-0.3, -0.25) is 4.57 Å². The Balaban J connectivity index is 1.66. The topological polar surface area (TPSA) is 199 Å². The predicted molar refractivity (Wildman–Crippen MR) is 88.1 cm³/mol. The molecule has 0 radical (unpaired) electrons. The summed E-state index contributed by atoms with van der Waals surface area (Å²) in [7, 11) is 0. The molecule has 1 aromatic heterocycles. The zero-order valence-corrected chi connectivity index (χ0v) is 14.7. The molecule has 13 nitrogen and oxygen atoms in total. The molecule has 2 saturated heterocycles. The van der Waals surface area contributed by atoms with Gasteiger partial charge >= 0.3 is 0 Å². The molecular formula is C15H23N5O8. The van der Waals surface area contributed by atoms with E-state index in [0.29, 0.717) is 0 Å². The van der Waals surface area contributed by atoms with E-state index < -0.39 is 62.3 Å². The minimum absolute atomic E-state index is 0.0497. The normalized spacial score (nSPS) is 40.6. The minimum atomic E-state index is -1.31. The first-order valence-electron chi connectivity index (χ1n) is 8.77. The summed E-state index contributed by atoms with van der Waals surface area (Å²) in [5.41, 5.74) is 6.46. The first-order chi connectivity index (χ1) is 13.4. The molecule has 0 spiro atoms. The van der Waals surface area contributed by atoms with E-state index in [0.717, 1.165) is 0 Å². The molecule has 0 saturated carbocycles. The molecule has 8 N–H and O–H groups in total. The second-order valence-electron chi connectivity index (χ2n) is 6.94. The fourth-order valence-electron chi connectivity index (χ4n) is 3.70. The Morgan fingerprint density at radius 3 is 2.11 bits per heavy atom. The number of aliphatic hydroxyl groups excluding tert-OH is 6. The van der Waals surface area contributed by atoms with E-state index in [1.54, 1.807) is 0 Å². The zero-order valence-electron chi connectivity index (χ0n) is 14.7. The van der Waals surface area contributed by atoms with Gasteiger partial charge in [-0.25, -0.2) is 9.98 Å². The van der Waals surface area contributed by atoms with E-state index in [-0.39, 0.29) is 23.3 Å². The Labute approximate surface area is 158 Å². The lowest BCUT2D eigenvalue weighted by molar-refractivity contribution is -0.0770.